The minimum absolute atomic E-state index is 0.0534. The summed E-state index contributed by atoms with van der Waals surface area (Å²) in [5.74, 6) is -0.452. The number of rotatable bonds is 4. The second-order valence-corrected chi connectivity index (χ2v) is 3.22. The number of hydrogen-bond acceptors (Lipinski definition) is 4. The number of carbonyl (C=O) groups is 1. The van der Waals surface area contributed by atoms with Gasteiger partial charge in [-0.25, -0.2) is 4.79 Å². The highest BCUT2D eigenvalue weighted by Crippen LogP contribution is 2.38. The number of methoxy groups -OCH3 is 2. The molecule has 0 saturated heterocycles. The highest BCUT2D eigenvalue weighted by Gasteiger charge is 2.20. The predicted octanol–water partition coefficient (Wildman–Crippen LogP) is 1.55. The average molecular weight is 225 g/mol. The van der Waals surface area contributed by atoms with Crippen LogP contribution in [0.15, 0.2) is 6.07 Å². The summed E-state index contributed by atoms with van der Waals surface area (Å²) in [5.41, 5.74) is 6.83. The Labute approximate surface area is 93.8 Å². The van der Waals surface area contributed by atoms with Gasteiger partial charge < -0.3 is 20.3 Å². The van der Waals surface area contributed by atoms with E-state index in [0.717, 1.165) is 5.56 Å². The van der Waals surface area contributed by atoms with Gasteiger partial charge in [-0.3, -0.25) is 0 Å². The van der Waals surface area contributed by atoms with E-state index in [4.69, 9.17) is 20.3 Å². The summed E-state index contributed by atoms with van der Waals surface area (Å²) in [7, 11) is 2.87. The normalized spacial score (nSPS) is 9.94. The van der Waals surface area contributed by atoms with E-state index in [1.54, 1.807) is 0 Å². The molecule has 0 fully saturated rings. The molecule has 0 bridgehead atoms. The first kappa shape index (κ1) is 12.2. The van der Waals surface area contributed by atoms with Gasteiger partial charge in [0.05, 0.1) is 14.2 Å². The summed E-state index contributed by atoms with van der Waals surface area (Å²) < 4.78 is 10.1. The highest BCUT2D eigenvalue weighted by molar-refractivity contribution is 5.94. The number of hydrogen-bond donors (Lipinski definition) is 2. The monoisotopic (exact) mass is 225 g/mol. The Morgan fingerprint density at radius 1 is 1.38 bits per heavy atom. The van der Waals surface area contributed by atoms with E-state index in [9.17, 15) is 4.79 Å². The Morgan fingerprint density at radius 2 is 1.94 bits per heavy atom. The van der Waals surface area contributed by atoms with Gasteiger partial charge in [0, 0.05) is 0 Å². The Bertz CT molecular complexity index is 415. The van der Waals surface area contributed by atoms with E-state index in [-0.39, 0.29) is 17.0 Å². The zero-order valence-corrected chi connectivity index (χ0v) is 9.53. The van der Waals surface area contributed by atoms with E-state index < -0.39 is 5.97 Å². The topological polar surface area (TPSA) is 81.8 Å². The first-order valence-electron chi connectivity index (χ1n) is 4.83. The average Bonchev–Trinajstić information content (AvgIpc) is 2.27. The van der Waals surface area contributed by atoms with Crippen molar-refractivity contribution in [2.75, 3.05) is 20.0 Å². The molecule has 16 heavy (non-hydrogen) atoms. The number of ether oxygens (including phenoxy) is 2. The molecule has 0 heterocycles. The summed E-state index contributed by atoms with van der Waals surface area (Å²) in [4.78, 5) is 11.0. The molecule has 0 saturated carbocycles. The molecule has 0 aromatic heterocycles. The van der Waals surface area contributed by atoms with Gasteiger partial charge in [0.15, 0.2) is 5.75 Å². The Kier molecular flexibility index (Phi) is 3.60. The SMILES string of the molecule is CCc1cc(C(=O)O)c(OC)c(N)c1OC. The zero-order chi connectivity index (χ0) is 12.3. The van der Waals surface area contributed by atoms with Crippen LogP contribution in [0.1, 0.15) is 22.8 Å². The van der Waals surface area contributed by atoms with Crippen molar-refractivity contribution in [2.45, 2.75) is 13.3 Å². The van der Waals surface area contributed by atoms with E-state index in [0.29, 0.717) is 12.2 Å². The number of carboxylic acids is 1. The van der Waals surface area contributed by atoms with Crippen molar-refractivity contribution in [1.82, 2.24) is 0 Å². The van der Waals surface area contributed by atoms with Gasteiger partial charge in [-0.15, -0.1) is 0 Å². The molecule has 1 aromatic carbocycles. The number of benzene rings is 1. The molecule has 0 radical (unpaired) electrons. The fourth-order valence-corrected chi connectivity index (χ4v) is 1.61. The molecule has 0 atom stereocenters. The molecule has 88 valence electrons. The van der Waals surface area contributed by atoms with Crippen molar-refractivity contribution in [1.29, 1.82) is 0 Å². The molecule has 0 unspecified atom stereocenters. The van der Waals surface area contributed by atoms with E-state index in [2.05, 4.69) is 0 Å². The van der Waals surface area contributed by atoms with Gasteiger partial charge in [-0.1, -0.05) is 6.92 Å². The Balaban J connectivity index is 3.54. The lowest BCUT2D eigenvalue weighted by atomic mass is 10.0. The lowest BCUT2D eigenvalue weighted by Crippen LogP contribution is -2.07. The van der Waals surface area contributed by atoms with E-state index in [1.807, 2.05) is 6.92 Å². The van der Waals surface area contributed by atoms with Crippen LogP contribution in [0.2, 0.25) is 0 Å². The van der Waals surface area contributed by atoms with Crippen LogP contribution < -0.4 is 15.2 Å². The van der Waals surface area contributed by atoms with Crippen molar-refractivity contribution in [3.8, 4) is 11.5 Å². The smallest absolute Gasteiger partial charge is 0.339 e. The molecule has 5 nitrogen and oxygen atoms in total. The fraction of sp³-hybridized carbons (Fsp3) is 0.364. The molecule has 1 aromatic rings. The van der Waals surface area contributed by atoms with Crippen LogP contribution in [0.4, 0.5) is 5.69 Å². The number of carboxylic acid groups (broad SMARTS) is 1. The van der Waals surface area contributed by atoms with Crippen molar-refractivity contribution >= 4 is 11.7 Å². The number of anilines is 1. The minimum Gasteiger partial charge on any atom is -0.494 e. The van der Waals surface area contributed by atoms with Crippen LogP contribution in [-0.4, -0.2) is 25.3 Å². The third-order valence-corrected chi connectivity index (χ3v) is 2.36. The summed E-state index contributed by atoms with van der Waals surface area (Å²) >= 11 is 0. The van der Waals surface area contributed by atoms with Crippen LogP contribution in [0.3, 0.4) is 0 Å². The van der Waals surface area contributed by atoms with Gasteiger partial charge in [-0.2, -0.15) is 0 Å². The van der Waals surface area contributed by atoms with Crippen LogP contribution in [0.25, 0.3) is 0 Å². The van der Waals surface area contributed by atoms with Gasteiger partial charge >= 0.3 is 5.97 Å². The fourth-order valence-electron chi connectivity index (χ4n) is 1.61. The van der Waals surface area contributed by atoms with Crippen LogP contribution in [0.5, 0.6) is 11.5 Å². The zero-order valence-electron chi connectivity index (χ0n) is 9.53. The number of nitrogen functional groups attached to an aromatic ring is 1. The number of aryl methyl sites for hydroxylation is 1. The third-order valence-electron chi connectivity index (χ3n) is 2.36. The molecular weight excluding hydrogens is 210 g/mol. The number of aromatic carboxylic acids is 1. The van der Waals surface area contributed by atoms with Gasteiger partial charge in [0.25, 0.3) is 0 Å². The van der Waals surface area contributed by atoms with Crippen LogP contribution in [-0.2, 0) is 6.42 Å². The van der Waals surface area contributed by atoms with Crippen LogP contribution in [0, 0.1) is 0 Å². The molecule has 3 N–H and O–H groups in total. The minimum atomic E-state index is -1.07. The molecular formula is C11H15NO4. The maximum atomic E-state index is 11.0. The molecule has 0 spiro atoms. The third kappa shape index (κ3) is 1.88. The van der Waals surface area contributed by atoms with Gasteiger partial charge in [0.2, 0.25) is 0 Å². The number of nitrogens with two attached hydrogens (primary N) is 1. The molecule has 0 aliphatic carbocycles. The first-order chi connectivity index (χ1) is 7.56. The van der Waals surface area contributed by atoms with Crippen molar-refractivity contribution < 1.29 is 19.4 Å². The Hall–Kier alpha value is -1.91. The Morgan fingerprint density at radius 3 is 2.31 bits per heavy atom. The van der Waals surface area contributed by atoms with E-state index in [1.165, 1.54) is 20.3 Å². The van der Waals surface area contributed by atoms with Gasteiger partial charge in [-0.05, 0) is 18.1 Å². The summed E-state index contributed by atoms with van der Waals surface area (Å²) in [6.07, 6.45) is 0.637. The van der Waals surface area contributed by atoms with Crippen LogP contribution >= 0.6 is 0 Å². The first-order valence-corrected chi connectivity index (χ1v) is 4.83. The second kappa shape index (κ2) is 4.74. The molecule has 5 heteroatoms. The maximum absolute atomic E-state index is 11.0. The highest BCUT2D eigenvalue weighted by atomic mass is 16.5. The molecule has 1 rings (SSSR count). The summed E-state index contributed by atoms with van der Waals surface area (Å²) in [6, 6.07) is 1.52. The molecule has 0 aliphatic heterocycles. The van der Waals surface area contributed by atoms with Crippen molar-refractivity contribution in [3.63, 3.8) is 0 Å². The summed E-state index contributed by atoms with van der Waals surface area (Å²) in [5, 5.41) is 9.03. The summed E-state index contributed by atoms with van der Waals surface area (Å²) in [6.45, 7) is 1.90. The maximum Gasteiger partial charge on any atom is 0.339 e. The standard InChI is InChI=1S/C11H15NO4/c1-4-6-5-7(11(13)14)10(16-3)8(12)9(6)15-2/h5H,4,12H2,1-3H3,(H,13,14). The van der Waals surface area contributed by atoms with Gasteiger partial charge in [0.1, 0.15) is 17.0 Å². The van der Waals surface area contributed by atoms with E-state index >= 15 is 0 Å². The largest absolute Gasteiger partial charge is 0.494 e. The predicted molar refractivity (Wildman–Crippen MR) is 60.3 cm³/mol. The lowest BCUT2D eigenvalue weighted by molar-refractivity contribution is 0.0693. The second-order valence-electron chi connectivity index (χ2n) is 3.22. The molecule has 0 amide bonds. The quantitative estimate of drug-likeness (QED) is 0.760. The molecule has 0 aliphatic rings. The van der Waals surface area contributed by atoms with Crippen molar-refractivity contribution in [3.05, 3.63) is 17.2 Å². The lowest BCUT2D eigenvalue weighted by Gasteiger charge is -2.15. The van der Waals surface area contributed by atoms with Crippen molar-refractivity contribution in [2.24, 2.45) is 0 Å².